The Kier molecular flexibility index (Phi) is 4.51. The second kappa shape index (κ2) is 5.90. The summed E-state index contributed by atoms with van der Waals surface area (Å²) in [6.45, 7) is 8.73. The molecule has 0 fully saturated rings. The van der Waals surface area contributed by atoms with Gasteiger partial charge in [-0.15, -0.1) is 6.58 Å². The molecule has 3 N–H and O–H groups in total. The summed E-state index contributed by atoms with van der Waals surface area (Å²) < 4.78 is 0. The molecule has 0 saturated carbocycles. The summed E-state index contributed by atoms with van der Waals surface area (Å²) in [7, 11) is 0. The Morgan fingerprint density at radius 3 is 2.69 bits per heavy atom. The molecule has 0 bridgehead atoms. The van der Waals surface area contributed by atoms with Gasteiger partial charge in [0.2, 0.25) is 0 Å². The second-order valence-electron chi connectivity index (χ2n) is 3.63. The molecule has 16 heavy (non-hydrogen) atoms. The van der Waals surface area contributed by atoms with Crippen molar-refractivity contribution in [2.24, 2.45) is 10.7 Å². The van der Waals surface area contributed by atoms with Crippen LogP contribution in [0.5, 0.6) is 0 Å². The summed E-state index contributed by atoms with van der Waals surface area (Å²) in [5, 5.41) is 2.93. The third kappa shape index (κ3) is 4.13. The molecular weight excluding hydrogens is 200 g/mol. The van der Waals surface area contributed by atoms with Crippen LogP contribution in [-0.2, 0) is 6.54 Å². The van der Waals surface area contributed by atoms with Gasteiger partial charge in [-0.3, -0.25) is 4.98 Å². The molecule has 4 nitrogen and oxygen atoms in total. The summed E-state index contributed by atoms with van der Waals surface area (Å²) in [6, 6.07) is 4.02. The topological polar surface area (TPSA) is 63.3 Å². The van der Waals surface area contributed by atoms with E-state index in [1.165, 1.54) is 0 Å². The third-order valence-electron chi connectivity index (χ3n) is 2.00. The van der Waals surface area contributed by atoms with Gasteiger partial charge in [-0.2, -0.15) is 0 Å². The summed E-state index contributed by atoms with van der Waals surface area (Å²) in [5.74, 6) is 0.437. The van der Waals surface area contributed by atoms with Crippen LogP contribution in [0, 0.1) is 13.8 Å². The van der Waals surface area contributed by atoms with Crippen LogP contribution in [0.3, 0.4) is 0 Å². The minimum atomic E-state index is 0.437. The second-order valence-corrected chi connectivity index (χ2v) is 3.63. The highest BCUT2D eigenvalue weighted by Gasteiger charge is 1.96. The first-order valence-electron chi connectivity index (χ1n) is 5.20. The van der Waals surface area contributed by atoms with Crippen LogP contribution in [0.2, 0.25) is 0 Å². The summed E-state index contributed by atoms with van der Waals surface area (Å²) in [5.41, 5.74) is 8.78. The fourth-order valence-corrected chi connectivity index (χ4v) is 1.42. The maximum absolute atomic E-state index is 5.66. The minimum absolute atomic E-state index is 0.437. The quantitative estimate of drug-likeness (QED) is 0.455. The van der Waals surface area contributed by atoms with Gasteiger partial charge >= 0.3 is 0 Å². The number of guanidine groups is 1. The monoisotopic (exact) mass is 218 g/mol. The van der Waals surface area contributed by atoms with Crippen LogP contribution in [0.15, 0.2) is 29.8 Å². The Balaban J connectivity index is 2.62. The zero-order valence-electron chi connectivity index (χ0n) is 9.83. The van der Waals surface area contributed by atoms with Crippen molar-refractivity contribution in [3.8, 4) is 0 Å². The van der Waals surface area contributed by atoms with Crippen molar-refractivity contribution in [2.75, 3.05) is 6.54 Å². The summed E-state index contributed by atoms with van der Waals surface area (Å²) >= 11 is 0. The summed E-state index contributed by atoms with van der Waals surface area (Å²) in [4.78, 5) is 8.52. The lowest BCUT2D eigenvalue weighted by molar-refractivity contribution is 0.959. The maximum Gasteiger partial charge on any atom is 0.189 e. The molecule has 1 aromatic rings. The normalized spacial score (nSPS) is 11.2. The van der Waals surface area contributed by atoms with E-state index in [1.54, 1.807) is 6.08 Å². The van der Waals surface area contributed by atoms with Gasteiger partial charge in [-0.1, -0.05) is 6.08 Å². The number of hydrogen-bond acceptors (Lipinski definition) is 2. The number of rotatable bonds is 4. The molecule has 86 valence electrons. The van der Waals surface area contributed by atoms with E-state index in [9.17, 15) is 0 Å². The van der Waals surface area contributed by atoms with Crippen molar-refractivity contribution in [1.29, 1.82) is 0 Å². The van der Waals surface area contributed by atoms with Gasteiger partial charge in [0.1, 0.15) is 0 Å². The molecule has 1 rings (SSSR count). The molecule has 0 atom stereocenters. The first kappa shape index (κ1) is 12.2. The van der Waals surface area contributed by atoms with Crippen LogP contribution in [0.25, 0.3) is 0 Å². The lowest BCUT2D eigenvalue weighted by atomic mass is 10.2. The SMILES string of the molecule is C=CCNC(N)=NCc1cc(C)nc(C)c1. The Bertz CT molecular complexity index is 376. The van der Waals surface area contributed by atoms with Gasteiger partial charge < -0.3 is 11.1 Å². The lowest BCUT2D eigenvalue weighted by Crippen LogP contribution is -2.31. The largest absolute Gasteiger partial charge is 0.370 e. The predicted molar refractivity (Wildman–Crippen MR) is 67.2 cm³/mol. The number of nitrogens with two attached hydrogens (primary N) is 1. The van der Waals surface area contributed by atoms with Gasteiger partial charge in [-0.25, -0.2) is 4.99 Å². The Morgan fingerprint density at radius 2 is 2.12 bits per heavy atom. The van der Waals surface area contributed by atoms with Crippen molar-refractivity contribution >= 4 is 5.96 Å². The number of aryl methyl sites for hydroxylation is 2. The number of nitrogens with one attached hydrogen (secondary N) is 1. The highest BCUT2D eigenvalue weighted by Crippen LogP contribution is 2.05. The molecule has 0 spiro atoms. The van der Waals surface area contributed by atoms with Crippen LogP contribution in [0.1, 0.15) is 17.0 Å². The summed E-state index contributed by atoms with van der Waals surface area (Å²) in [6.07, 6.45) is 1.74. The van der Waals surface area contributed by atoms with Crippen molar-refractivity contribution in [1.82, 2.24) is 10.3 Å². The molecule has 0 saturated heterocycles. The third-order valence-corrected chi connectivity index (χ3v) is 2.00. The van der Waals surface area contributed by atoms with Crippen molar-refractivity contribution in [3.05, 3.63) is 41.7 Å². The van der Waals surface area contributed by atoms with Gasteiger partial charge in [0.15, 0.2) is 5.96 Å². The smallest absolute Gasteiger partial charge is 0.189 e. The number of aliphatic imine (C=N–C) groups is 1. The Hall–Kier alpha value is -1.84. The van der Waals surface area contributed by atoms with Crippen LogP contribution in [0.4, 0.5) is 0 Å². The first-order valence-corrected chi connectivity index (χ1v) is 5.20. The average molecular weight is 218 g/mol. The number of nitrogens with zero attached hydrogens (tertiary/aromatic N) is 2. The number of aromatic nitrogens is 1. The van der Waals surface area contributed by atoms with Gasteiger partial charge in [-0.05, 0) is 31.5 Å². The molecule has 1 aromatic heterocycles. The molecule has 1 heterocycles. The predicted octanol–water partition coefficient (Wildman–Crippen LogP) is 1.29. The molecule has 0 amide bonds. The fraction of sp³-hybridized carbons (Fsp3) is 0.333. The highest BCUT2D eigenvalue weighted by molar-refractivity contribution is 5.77. The zero-order valence-corrected chi connectivity index (χ0v) is 9.83. The van der Waals surface area contributed by atoms with Crippen LogP contribution in [-0.4, -0.2) is 17.5 Å². The molecule has 0 radical (unpaired) electrons. The fourth-order valence-electron chi connectivity index (χ4n) is 1.42. The Labute approximate surface area is 96.3 Å². The van der Waals surface area contributed by atoms with Gasteiger partial charge in [0, 0.05) is 17.9 Å². The van der Waals surface area contributed by atoms with E-state index in [4.69, 9.17) is 5.73 Å². The number of pyridine rings is 1. The van der Waals surface area contributed by atoms with E-state index in [-0.39, 0.29) is 0 Å². The van der Waals surface area contributed by atoms with E-state index in [0.717, 1.165) is 17.0 Å². The average Bonchev–Trinajstić information content (AvgIpc) is 2.22. The van der Waals surface area contributed by atoms with E-state index < -0.39 is 0 Å². The van der Waals surface area contributed by atoms with Crippen LogP contribution < -0.4 is 11.1 Å². The minimum Gasteiger partial charge on any atom is -0.370 e. The van der Waals surface area contributed by atoms with E-state index in [2.05, 4.69) is 21.9 Å². The molecule has 0 aromatic carbocycles. The standard InChI is InChI=1S/C12H18N4/c1-4-5-14-12(13)15-8-11-6-9(2)16-10(3)7-11/h4,6-7H,1,5,8H2,2-3H3,(H3,13,14,15). The number of hydrogen-bond donors (Lipinski definition) is 2. The molecule has 0 aliphatic heterocycles. The van der Waals surface area contributed by atoms with E-state index >= 15 is 0 Å². The molecule has 0 aliphatic carbocycles. The molecule has 0 aliphatic rings. The highest BCUT2D eigenvalue weighted by atomic mass is 15.1. The maximum atomic E-state index is 5.66. The molecule has 0 unspecified atom stereocenters. The van der Waals surface area contributed by atoms with E-state index in [0.29, 0.717) is 19.0 Å². The lowest BCUT2D eigenvalue weighted by Gasteiger charge is -2.04. The van der Waals surface area contributed by atoms with Crippen molar-refractivity contribution in [2.45, 2.75) is 20.4 Å². The van der Waals surface area contributed by atoms with Gasteiger partial charge in [0.25, 0.3) is 0 Å². The van der Waals surface area contributed by atoms with Crippen molar-refractivity contribution in [3.63, 3.8) is 0 Å². The molecular formula is C12H18N4. The first-order chi connectivity index (χ1) is 7.61. The Morgan fingerprint density at radius 1 is 1.50 bits per heavy atom. The van der Waals surface area contributed by atoms with E-state index in [1.807, 2.05) is 26.0 Å². The molecule has 4 heteroatoms. The zero-order chi connectivity index (χ0) is 12.0. The van der Waals surface area contributed by atoms with Crippen molar-refractivity contribution < 1.29 is 0 Å². The van der Waals surface area contributed by atoms with Gasteiger partial charge in [0.05, 0.1) is 6.54 Å². The van der Waals surface area contributed by atoms with Crippen LogP contribution >= 0.6 is 0 Å².